The molecule has 3 aliphatic carbocycles. The lowest BCUT2D eigenvalue weighted by Gasteiger charge is -2.45. The minimum Gasteiger partial charge on any atom is -0.0625 e. The van der Waals surface area contributed by atoms with Gasteiger partial charge in [-0.15, -0.1) is 0 Å². The fourth-order valence-corrected chi connectivity index (χ4v) is 7.07. The van der Waals surface area contributed by atoms with Crippen molar-refractivity contribution in [2.45, 2.75) is 105 Å². The predicted octanol–water partition coefficient (Wildman–Crippen LogP) is 7.72. The summed E-state index contributed by atoms with van der Waals surface area (Å²) < 4.78 is 0. The average molecular weight is 367 g/mol. The Morgan fingerprint density at radius 3 is 2.48 bits per heavy atom. The van der Waals surface area contributed by atoms with E-state index in [0.717, 1.165) is 29.6 Å². The van der Waals surface area contributed by atoms with Gasteiger partial charge in [-0.05, 0) is 109 Å². The molecule has 1 aromatic rings. The van der Waals surface area contributed by atoms with Crippen LogP contribution in [0.1, 0.15) is 108 Å². The summed E-state index contributed by atoms with van der Waals surface area (Å²) in [5, 5.41) is 0. The molecule has 5 atom stereocenters. The summed E-state index contributed by atoms with van der Waals surface area (Å²) in [5.74, 6) is 4.36. The fraction of sp³-hybridized carbons (Fsp3) is 0.778. The maximum atomic E-state index is 2.67. The number of benzene rings is 1. The topological polar surface area (TPSA) is 0 Å². The van der Waals surface area contributed by atoms with Gasteiger partial charge in [-0.2, -0.15) is 0 Å². The van der Waals surface area contributed by atoms with Gasteiger partial charge < -0.3 is 0 Å². The molecule has 0 radical (unpaired) electrons. The Balaban J connectivity index is 1.54. The highest BCUT2D eigenvalue weighted by Crippen LogP contribution is 2.61. The molecule has 3 aliphatic rings. The van der Waals surface area contributed by atoms with Crippen molar-refractivity contribution in [1.29, 1.82) is 0 Å². The molecule has 0 saturated heterocycles. The van der Waals surface area contributed by atoms with Gasteiger partial charge in [-0.3, -0.25) is 0 Å². The molecule has 1 aromatic carbocycles. The lowest BCUT2D eigenvalue weighted by molar-refractivity contribution is 0.115. The Kier molecular flexibility index (Phi) is 5.47. The van der Waals surface area contributed by atoms with Gasteiger partial charge in [0.2, 0.25) is 0 Å². The summed E-state index contributed by atoms with van der Waals surface area (Å²) in [4.78, 5) is 0. The van der Waals surface area contributed by atoms with Crippen molar-refractivity contribution in [3.63, 3.8) is 0 Å². The van der Waals surface area contributed by atoms with Gasteiger partial charge in [-0.1, -0.05) is 59.6 Å². The van der Waals surface area contributed by atoms with Crippen LogP contribution in [0.3, 0.4) is 0 Å². The summed E-state index contributed by atoms with van der Waals surface area (Å²) in [6, 6.07) is 5.08. The van der Waals surface area contributed by atoms with Crippen LogP contribution in [0, 0.1) is 29.1 Å². The molecule has 0 spiro atoms. The maximum absolute atomic E-state index is 2.67. The molecule has 0 nitrogen and oxygen atoms in total. The van der Waals surface area contributed by atoms with Crippen LogP contribution >= 0.6 is 0 Å². The number of hydrogen-bond donors (Lipinski definition) is 0. The largest absolute Gasteiger partial charge is 0.0625 e. The van der Waals surface area contributed by atoms with E-state index >= 15 is 0 Å². The third-order valence-corrected chi connectivity index (χ3v) is 9.29. The van der Waals surface area contributed by atoms with Crippen molar-refractivity contribution < 1.29 is 0 Å². The van der Waals surface area contributed by atoms with E-state index in [0.29, 0.717) is 5.41 Å². The standard InChI is InChI=1S/C27H42/c1-18(2)19(3)10-11-20(4)25-14-15-26-24-13-12-21-8-6-7-9-22(21)23(24)16-17-27(25,26)5/h12-13,18-20,25-26H,6-11,14-17H2,1-5H3. The van der Waals surface area contributed by atoms with E-state index in [9.17, 15) is 0 Å². The second-order valence-electron chi connectivity index (χ2n) is 11.0. The van der Waals surface area contributed by atoms with Gasteiger partial charge in [0.1, 0.15) is 0 Å². The van der Waals surface area contributed by atoms with Crippen LogP contribution < -0.4 is 0 Å². The molecule has 0 N–H and O–H groups in total. The Morgan fingerprint density at radius 1 is 0.926 bits per heavy atom. The highest BCUT2D eigenvalue weighted by atomic mass is 14.5. The third-order valence-electron chi connectivity index (χ3n) is 9.29. The SMILES string of the molecule is CC(C)C(C)CCC(C)C1CCC2c3ccc4c(c3CCC21C)CCCC4. The smallest absolute Gasteiger partial charge is 0.0102 e. The first-order valence-corrected chi connectivity index (χ1v) is 12.0. The second-order valence-corrected chi connectivity index (χ2v) is 11.0. The molecule has 0 heteroatoms. The molecule has 0 aliphatic heterocycles. The predicted molar refractivity (Wildman–Crippen MR) is 117 cm³/mol. The average Bonchev–Trinajstić information content (AvgIpc) is 3.02. The van der Waals surface area contributed by atoms with Crippen LogP contribution in [-0.4, -0.2) is 0 Å². The Bertz CT molecular complexity index is 669. The minimum atomic E-state index is 0.552. The number of aryl methyl sites for hydroxylation is 1. The summed E-state index contributed by atoms with van der Waals surface area (Å²) in [6.07, 6.45) is 14.1. The second kappa shape index (κ2) is 7.57. The zero-order chi connectivity index (χ0) is 19.2. The Morgan fingerprint density at radius 2 is 1.70 bits per heavy atom. The summed E-state index contributed by atoms with van der Waals surface area (Å²) in [7, 11) is 0. The van der Waals surface area contributed by atoms with Crippen LogP contribution in [0.5, 0.6) is 0 Å². The zero-order valence-electron chi connectivity index (χ0n) is 18.6. The van der Waals surface area contributed by atoms with Gasteiger partial charge in [-0.25, -0.2) is 0 Å². The fourth-order valence-electron chi connectivity index (χ4n) is 7.07. The minimum absolute atomic E-state index is 0.552. The maximum Gasteiger partial charge on any atom is -0.0102 e. The molecular formula is C27H42. The molecule has 150 valence electrons. The molecule has 0 aromatic heterocycles. The molecule has 27 heavy (non-hydrogen) atoms. The van der Waals surface area contributed by atoms with Crippen molar-refractivity contribution >= 4 is 0 Å². The molecule has 5 unspecified atom stereocenters. The molecule has 1 saturated carbocycles. The van der Waals surface area contributed by atoms with Gasteiger partial charge in [0.15, 0.2) is 0 Å². The van der Waals surface area contributed by atoms with Crippen molar-refractivity contribution in [3.8, 4) is 0 Å². The zero-order valence-corrected chi connectivity index (χ0v) is 18.6. The van der Waals surface area contributed by atoms with E-state index in [4.69, 9.17) is 0 Å². The first-order valence-electron chi connectivity index (χ1n) is 12.0. The van der Waals surface area contributed by atoms with E-state index < -0.39 is 0 Å². The van der Waals surface area contributed by atoms with Gasteiger partial charge >= 0.3 is 0 Å². The summed E-state index contributed by atoms with van der Waals surface area (Å²) in [6.45, 7) is 12.5. The Labute approximate surface area is 168 Å². The first kappa shape index (κ1) is 19.5. The third kappa shape index (κ3) is 3.40. The van der Waals surface area contributed by atoms with E-state index in [2.05, 4.69) is 46.8 Å². The Hall–Kier alpha value is -0.780. The quantitative estimate of drug-likeness (QED) is 0.500. The van der Waals surface area contributed by atoms with E-state index in [1.807, 2.05) is 0 Å². The van der Waals surface area contributed by atoms with Gasteiger partial charge in [0.05, 0.1) is 0 Å². The van der Waals surface area contributed by atoms with Crippen LogP contribution in [-0.2, 0) is 19.3 Å². The van der Waals surface area contributed by atoms with Crippen molar-refractivity contribution in [1.82, 2.24) is 0 Å². The van der Waals surface area contributed by atoms with Crippen LogP contribution in [0.2, 0.25) is 0 Å². The lowest BCUT2D eigenvalue weighted by Crippen LogP contribution is -2.36. The van der Waals surface area contributed by atoms with Crippen molar-refractivity contribution in [3.05, 3.63) is 34.4 Å². The van der Waals surface area contributed by atoms with Crippen molar-refractivity contribution in [2.24, 2.45) is 29.1 Å². The number of hydrogen-bond acceptors (Lipinski definition) is 0. The molecular weight excluding hydrogens is 324 g/mol. The van der Waals surface area contributed by atoms with Crippen molar-refractivity contribution in [2.75, 3.05) is 0 Å². The molecule has 0 heterocycles. The van der Waals surface area contributed by atoms with Gasteiger partial charge in [0, 0.05) is 0 Å². The summed E-state index contributed by atoms with van der Waals surface area (Å²) >= 11 is 0. The molecule has 4 rings (SSSR count). The molecule has 0 amide bonds. The molecule has 0 bridgehead atoms. The van der Waals surface area contributed by atoms with Crippen LogP contribution in [0.25, 0.3) is 0 Å². The number of rotatable bonds is 5. The first-order chi connectivity index (χ1) is 12.9. The van der Waals surface area contributed by atoms with E-state index in [-0.39, 0.29) is 0 Å². The molecule has 1 fully saturated rings. The monoisotopic (exact) mass is 366 g/mol. The highest BCUT2D eigenvalue weighted by molar-refractivity contribution is 5.47. The summed E-state index contributed by atoms with van der Waals surface area (Å²) in [5.41, 5.74) is 7.60. The lowest BCUT2D eigenvalue weighted by atomic mass is 9.59. The highest BCUT2D eigenvalue weighted by Gasteiger charge is 2.51. The number of fused-ring (bicyclic) bond motifs is 5. The van der Waals surface area contributed by atoms with Crippen LogP contribution in [0.4, 0.5) is 0 Å². The van der Waals surface area contributed by atoms with Gasteiger partial charge in [0.25, 0.3) is 0 Å². The van der Waals surface area contributed by atoms with E-state index in [1.165, 1.54) is 64.2 Å². The van der Waals surface area contributed by atoms with E-state index in [1.54, 1.807) is 22.3 Å². The normalized spacial score (nSPS) is 31.9. The van der Waals surface area contributed by atoms with Crippen LogP contribution in [0.15, 0.2) is 12.1 Å².